The van der Waals surface area contributed by atoms with Crippen molar-refractivity contribution in [3.8, 4) is 11.5 Å². The van der Waals surface area contributed by atoms with E-state index >= 15 is 0 Å². The van der Waals surface area contributed by atoms with Crippen molar-refractivity contribution in [1.29, 1.82) is 0 Å². The number of rotatable bonds is 6. The molecule has 5 nitrogen and oxygen atoms in total. The van der Waals surface area contributed by atoms with E-state index in [1.807, 2.05) is 55.5 Å². The molecule has 112 valence electrons. The largest absolute Gasteiger partial charge is 0.497 e. The van der Waals surface area contributed by atoms with Crippen LogP contribution in [0.5, 0.6) is 11.5 Å². The molecule has 0 saturated heterocycles. The Labute approximate surface area is 125 Å². The summed E-state index contributed by atoms with van der Waals surface area (Å²) in [6.45, 7) is 0.677. The molecule has 0 spiro atoms. The van der Waals surface area contributed by atoms with Crippen LogP contribution in [0.1, 0.15) is 5.56 Å². The number of pyridine rings is 1. The van der Waals surface area contributed by atoms with Gasteiger partial charge >= 0.3 is 0 Å². The van der Waals surface area contributed by atoms with Gasteiger partial charge in [0.15, 0.2) is 0 Å². The molecule has 1 heterocycles. The number of hydrogen-bond acceptors (Lipinski definition) is 5. The highest BCUT2D eigenvalue weighted by atomic mass is 16.5. The summed E-state index contributed by atoms with van der Waals surface area (Å²) in [7, 11) is 7.24. The highest BCUT2D eigenvalue weighted by molar-refractivity contribution is 5.49. The standard InChI is InChI=1S/C16H21N3O2/c1-19(2)16-6-5-13(11-18-16)17-10-12-7-14(20-3)9-15(8-12)21-4/h5-9,11,17H,10H2,1-4H3. The lowest BCUT2D eigenvalue weighted by atomic mass is 10.2. The monoisotopic (exact) mass is 287 g/mol. The molecule has 1 aromatic carbocycles. The number of benzene rings is 1. The van der Waals surface area contributed by atoms with E-state index < -0.39 is 0 Å². The topological polar surface area (TPSA) is 46.6 Å². The molecule has 0 fully saturated rings. The van der Waals surface area contributed by atoms with Crippen LogP contribution in [0.3, 0.4) is 0 Å². The first-order chi connectivity index (χ1) is 10.1. The van der Waals surface area contributed by atoms with Gasteiger partial charge in [-0.05, 0) is 29.8 Å². The number of ether oxygens (including phenoxy) is 2. The molecule has 0 amide bonds. The van der Waals surface area contributed by atoms with Crippen LogP contribution in [0.15, 0.2) is 36.5 Å². The van der Waals surface area contributed by atoms with Crippen molar-refractivity contribution in [2.45, 2.75) is 6.54 Å². The van der Waals surface area contributed by atoms with Crippen LogP contribution in [-0.4, -0.2) is 33.3 Å². The lowest BCUT2D eigenvalue weighted by Crippen LogP contribution is -2.10. The molecule has 0 aliphatic carbocycles. The second kappa shape index (κ2) is 6.83. The molecule has 1 N–H and O–H groups in total. The summed E-state index contributed by atoms with van der Waals surface area (Å²) in [6.07, 6.45) is 1.83. The zero-order valence-electron chi connectivity index (χ0n) is 12.9. The highest BCUT2D eigenvalue weighted by Crippen LogP contribution is 2.23. The van der Waals surface area contributed by atoms with Crippen molar-refractivity contribution in [2.24, 2.45) is 0 Å². The van der Waals surface area contributed by atoms with E-state index in [1.54, 1.807) is 14.2 Å². The number of nitrogens with one attached hydrogen (secondary N) is 1. The molecule has 0 bridgehead atoms. The zero-order chi connectivity index (χ0) is 15.2. The van der Waals surface area contributed by atoms with E-state index in [9.17, 15) is 0 Å². The molecule has 21 heavy (non-hydrogen) atoms. The summed E-state index contributed by atoms with van der Waals surface area (Å²) in [4.78, 5) is 6.34. The average molecular weight is 287 g/mol. The van der Waals surface area contributed by atoms with Crippen LogP contribution in [0.4, 0.5) is 11.5 Å². The zero-order valence-corrected chi connectivity index (χ0v) is 12.9. The number of aromatic nitrogens is 1. The third-order valence-corrected chi connectivity index (χ3v) is 3.11. The second-order valence-electron chi connectivity index (χ2n) is 4.87. The van der Waals surface area contributed by atoms with Crippen molar-refractivity contribution in [3.05, 3.63) is 42.1 Å². The SMILES string of the molecule is COc1cc(CNc2ccc(N(C)C)nc2)cc(OC)c1. The van der Waals surface area contributed by atoms with Gasteiger partial charge in [0.05, 0.1) is 26.1 Å². The first kappa shape index (κ1) is 15.0. The normalized spacial score (nSPS) is 10.1. The summed E-state index contributed by atoms with van der Waals surface area (Å²) in [6, 6.07) is 9.82. The van der Waals surface area contributed by atoms with Gasteiger partial charge in [0.25, 0.3) is 0 Å². The number of anilines is 2. The molecule has 2 aromatic rings. The Bertz CT molecular complexity index is 560. The average Bonchev–Trinajstić information content (AvgIpc) is 2.52. The maximum absolute atomic E-state index is 5.27. The quantitative estimate of drug-likeness (QED) is 0.885. The van der Waals surface area contributed by atoms with Crippen LogP contribution in [0, 0.1) is 0 Å². The minimum Gasteiger partial charge on any atom is -0.497 e. The number of hydrogen-bond donors (Lipinski definition) is 1. The summed E-state index contributed by atoms with van der Waals surface area (Å²) in [5, 5.41) is 3.34. The lowest BCUT2D eigenvalue weighted by molar-refractivity contribution is 0.393. The van der Waals surface area contributed by atoms with Gasteiger partial charge in [0.2, 0.25) is 0 Å². The van der Waals surface area contributed by atoms with Crippen LogP contribution < -0.4 is 19.7 Å². The summed E-state index contributed by atoms with van der Waals surface area (Å²) in [5.74, 6) is 2.50. The second-order valence-corrected chi connectivity index (χ2v) is 4.87. The Morgan fingerprint density at radius 1 is 1.05 bits per heavy atom. The molecule has 0 aliphatic heterocycles. The lowest BCUT2D eigenvalue weighted by Gasteiger charge is -2.13. The minimum absolute atomic E-state index is 0.677. The minimum atomic E-state index is 0.677. The fourth-order valence-corrected chi connectivity index (χ4v) is 1.93. The maximum Gasteiger partial charge on any atom is 0.128 e. The molecule has 0 aliphatic rings. The van der Waals surface area contributed by atoms with E-state index in [2.05, 4.69) is 10.3 Å². The first-order valence-electron chi connectivity index (χ1n) is 6.71. The highest BCUT2D eigenvalue weighted by Gasteiger charge is 2.03. The van der Waals surface area contributed by atoms with Crippen molar-refractivity contribution >= 4 is 11.5 Å². The van der Waals surface area contributed by atoms with Crippen LogP contribution >= 0.6 is 0 Å². The number of nitrogens with zero attached hydrogens (tertiary/aromatic N) is 2. The smallest absolute Gasteiger partial charge is 0.128 e. The van der Waals surface area contributed by atoms with Gasteiger partial charge < -0.3 is 19.7 Å². The predicted molar refractivity (Wildman–Crippen MR) is 85.4 cm³/mol. The van der Waals surface area contributed by atoms with Crippen LogP contribution in [0.25, 0.3) is 0 Å². The summed E-state index contributed by atoms with van der Waals surface area (Å²) < 4.78 is 10.5. The van der Waals surface area contributed by atoms with E-state index in [0.29, 0.717) is 6.54 Å². The molecular formula is C16H21N3O2. The van der Waals surface area contributed by atoms with Crippen molar-refractivity contribution in [2.75, 3.05) is 38.5 Å². The molecule has 1 aromatic heterocycles. The molecule has 5 heteroatoms. The Hall–Kier alpha value is -2.43. The fourth-order valence-electron chi connectivity index (χ4n) is 1.93. The summed E-state index contributed by atoms with van der Waals surface area (Å²) >= 11 is 0. The van der Waals surface area contributed by atoms with Gasteiger partial charge in [0.1, 0.15) is 17.3 Å². The maximum atomic E-state index is 5.27. The molecule has 0 atom stereocenters. The van der Waals surface area contributed by atoms with Gasteiger partial charge in [-0.25, -0.2) is 4.98 Å². The Morgan fingerprint density at radius 2 is 1.71 bits per heavy atom. The Balaban J connectivity index is 2.05. The predicted octanol–water partition coefficient (Wildman–Crippen LogP) is 2.78. The van der Waals surface area contributed by atoms with Crippen molar-refractivity contribution in [1.82, 2.24) is 4.98 Å². The molecule has 0 saturated carbocycles. The van der Waals surface area contributed by atoms with Gasteiger partial charge in [-0.3, -0.25) is 0 Å². The van der Waals surface area contributed by atoms with E-state index in [-0.39, 0.29) is 0 Å². The van der Waals surface area contributed by atoms with Crippen molar-refractivity contribution < 1.29 is 9.47 Å². The van der Waals surface area contributed by atoms with Crippen LogP contribution in [-0.2, 0) is 6.54 Å². The summed E-state index contributed by atoms with van der Waals surface area (Å²) in [5.41, 5.74) is 2.06. The molecule has 0 unspecified atom stereocenters. The van der Waals surface area contributed by atoms with Crippen LogP contribution in [0.2, 0.25) is 0 Å². The Morgan fingerprint density at radius 3 is 2.19 bits per heavy atom. The molecular weight excluding hydrogens is 266 g/mol. The Kier molecular flexibility index (Phi) is 4.87. The number of methoxy groups -OCH3 is 2. The first-order valence-corrected chi connectivity index (χ1v) is 6.71. The third kappa shape index (κ3) is 4.02. The van der Waals surface area contributed by atoms with E-state index in [0.717, 1.165) is 28.6 Å². The third-order valence-electron chi connectivity index (χ3n) is 3.11. The van der Waals surface area contributed by atoms with Crippen molar-refractivity contribution in [3.63, 3.8) is 0 Å². The van der Waals surface area contributed by atoms with Gasteiger partial charge in [-0.1, -0.05) is 0 Å². The molecule has 2 rings (SSSR count). The van der Waals surface area contributed by atoms with Gasteiger partial charge in [-0.2, -0.15) is 0 Å². The van der Waals surface area contributed by atoms with Gasteiger partial charge in [-0.15, -0.1) is 0 Å². The fraction of sp³-hybridized carbons (Fsp3) is 0.312. The van der Waals surface area contributed by atoms with E-state index in [4.69, 9.17) is 9.47 Å². The van der Waals surface area contributed by atoms with Gasteiger partial charge in [0, 0.05) is 26.7 Å². The molecule has 0 radical (unpaired) electrons. The van der Waals surface area contributed by atoms with E-state index in [1.165, 1.54) is 0 Å².